The monoisotopic (exact) mass is 571 g/mol. The predicted molar refractivity (Wildman–Crippen MR) is 148 cm³/mol. The molecule has 6 rings (SSSR count). The Hall–Kier alpha value is -2.22. The van der Waals surface area contributed by atoms with E-state index < -0.39 is 29.6 Å². The molecular weight excluding hydrogens is 551 g/mol. The molecule has 34 heavy (non-hydrogen) atoms. The summed E-state index contributed by atoms with van der Waals surface area (Å²) in [6, 6.07) is 49.7. The Morgan fingerprint density at radius 3 is 1.35 bits per heavy atom. The second-order valence-corrected chi connectivity index (χ2v) is 13.9. The van der Waals surface area contributed by atoms with E-state index in [4.69, 9.17) is 17.0 Å². The SMILES string of the molecule is [Cl][Zr+2][Cl].c1ccc([Si](c2ccccc2)[c-]2cccc2)cc1.c1ccc2c(c1)[cH-]c1ccccc12. The average molecular weight is 574 g/mol. The third-order valence-electron chi connectivity index (χ3n) is 5.60. The number of rotatable bonds is 3. The summed E-state index contributed by atoms with van der Waals surface area (Å²) in [5.74, 6) is 0. The van der Waals surface area contributed by atoms with Gasteiger partial charge in [0.1, 0.15) is 0 Å². The predicted octanol–water partition coefficient (Wildman–Crippen LogP) is 7.01. The van der Waals surface area contributed by atoms with Gasteiger partial charge in [-0.3, -0.25) is 0 Å². The van der Waals surface area contributed by atoms with E-state index in [0.29, 0.717) is 0 Å². The van der Waals surface area contributed by atoms with Gasteiger partial charge in [0, 0.05) is 0 Å². The normalized spacial score (nSPS) is 10.2. The minimum absolute atomic E-state index is 0.826. The second kappa shape index (κ2) is 13.0. The van der Waals surface area contributed by atoms with Crippen molar-refractivity contribution in [2.75, 3.05) is 0 Å². The summed E-state index contributed by atoms with van der Waals surface area (Å²) in [4.78, 5) is 0. The van der Waals surface area contributed by atoms with Crippen molar-refractivity contribution in [2.24, 2.45) is 0 Å². The van der Waals surface area contributed by atoms with Gasteiger partial charge < -0.3 is 0 Å². The van der Waals surface area contributed by atoms with Gasteiger partial charge in [-0.05, 0) is 0 Å². The van der Waals surface area contributed by atoms with E-state index in [0.717, 1.165) is 0 Å². The van der Waals surface area contributed by atoms with Crippen molar-refractivity contribution >= 4 is 62.9 Å². The minimum atomic E-state index is -0.834. The number of hydrogen-bond donors (Lipinski definition) is 0. The second-order valence-electron chi connectivity index (χ2n) is 7.67. The zero-order valence-electron chi connectivity index (χ0n) is 18.5. The summed E-state index contributed by atoms with van der Waals surface area (Å²) >= 11 is -0.826. The molecule has 0 aromatic heterocycles. The van der Waals surface area contributed by atoms with E-state index in [-0.39, 0.29) is 0 Å². The van der Waals surface area contributed by atoms with Gasteiger partial charge in [-0.1, -0.05) is 107 Å². The van der Waals surface area contributed by atoms with Gasteiger partial charge in [-0.25, -0.2) is 12.1 Å². The molecule has 0 fully saturated rings. The van der Waals surface area contributed by atoms with Gasteiger partial charge >= 0.3 is 37.9 Å². The van der Waals surface area contributed by atoms with Crippen molar-refractivity contribution in [3.63, 3.8) is 0 Å². The number of halogens is 2. The van der Waals surface area contributed by atoms with Crippen LogP contribution in [-0.2, 0) is 20.8 Å². The average Bonchev–Trinajstić information content (AvgIpc) is 3.55. The van der Waals surface area contributed by atoms with Gasteiger partial charge in [0.05, 0.1) is 8.80 Å². The molecule has 0 aliphatic rings. The maximum Gasteiger partial charge on any atom is 0.0889 e. The third-order valence-corrected chi connectivity index (χ3v) is 8.33. The first kappa shape index (κ1) is 24.9. The molecule has 0 saturated heterocycles. The topological polar surface area (TPSA) is 0 Å². The van der Waals surface area contributed by atoms with Crippen LogP contribution in [0.4, 0.5) is 0 Å². The Morgan fingerprint density at radius 2 is 0.912 bits per heavy atom. The first-order valence-corrected chi connectivity index (χ1v) is 18.8. The Morgan fingerprint density at radius 1 is 0.529 bits per heavy atom. The van der Waals surface area contributed by atoms with Gasteiger partial charge in [0.25, 0.3) is 0 Å². The molecule has 0 nitrogen and oxygen atoms in total. The fraction of sp³-hybridized carbons (Fsp3) is 0. The fourth-order valence-corrected chi connectivity index (χ4v) is 6.73. The molecule has 6 aromatic rings. The Labute approximate surface area is 221 Å². The van der Waals surface area contributed by atoms with Crippen molar-refractivity contribution in [3.8, 4) is 0 Å². The van der Waals surface area contributed by atoms with E-state index in [2.05, 4.69) is 140 Å². The van der Waals surface area contributed by atoms with Crippen molar-refractivity contribution in [3.05, 3.63) is 140 Å². The molecular formula is C30H23Cl2SiZr. The Balaban J connectivity index is 0.000000150. The summed E-state index contributed by atoms with van der Waals surface area (Å²) in [5.41, 5.74) is 0. The van der Waals surface area contributed by atoms with Crippen LogP contribution in [0.1, 0.15) is 0 Å². The van der Waals surface area contributed by atoms with E-state index in [1.165, 1.54) is 37.1 Å². The molecule has 0 unspecified atom stereocenters. The van der Waals surface area contributed by atoms with Gasteiger partial charge in [-0.2, -0.15) is 17.3 Å². The zero-order valence-corrected chi connectivity index (χ0v) is 23.5. The first-order chi connectivity index (χ1) is 16.8. The summed E-state index contributed by atoms with van der Waals surface area (Å²) in [7, 11) is 9.03. The van der Waals surface area contributed by atoms with Gasteiger partial charge in [0.2, 0.25) is 0 Å². The molecule has 0 bridgehead atoms. The van der Waals surface area contributed by atoms with Crippen LogP contribution in [0, 0.1) is 0 Å². The van der Waals surface area contributed by atoms with Crippen molar-refractivity contribution in [1.29, 1.82) is 0 Å². The van der Waals surface area contributed by atoms with E-state index in [9.17, 15) is 0 Å². The first-order valence-electron chi connectivity index (χ1n) is 11.0. The fourth-order valence-electron chi connectivity index (χ4n) is 4.15. The standard InChI is InChI=1S/C17H14Si.C13H9.2ClH.Zr/c1-3-9-15(10-4-1)18(17-13-7-8-14-17)16-11-5-2-6-12-16;1-3-7-12-10(5-1)9-11-6-2-4-8-13(11)12;;;/h1-14H;1-9H;2*1H;/q2*-1;;;+4/p-2. The molecule has 0 saturated carbocycles. The van der Waals surface area contributed by atoms with Gasteiger partial charge in [0.15, 0.2) is 0 Å². The molecule has 0 aliphatic heterocycles. The molecule has 0 atom stereocenters. The smallest absolute Gasteiger partial charge is 0.0889 e. The van der Waals surface area contributed by atoms with E-state index in [1.54, 1.807) is 0 Å². The van der Waals surface area contributed by atoms with Crippen molar-refractivity contribution in [2.45, 2.75) is 0 Å². The van der Waals surface area contributed by atoms with E-state index in [1.807, 2.05) is 0 Å². The van der Waals surface area contributed by atoms with Crippen LogP contribution < -0.4 is 15.6 Å². The maximum atomic E-state index is 4.93. The summed E-state index contributed by atoms with van der Waals surface area (Å²) < 4.78 is 0. The summed E-state index contributed by atoms with van der Waals surface area (Å²) in [6.07, 6.45) is 0. The Bertz CT molecular complexity index is 1300. The van der Waals surface area contributed by atoms with Crippen LogP contribution in [0.5, 0.6) is 0 Å². The van der Waals surface area contributed by atoms with Crippen LogP contribution in [-0.4, -0.2) is 8.80 Å². The van der Waals surface area contributed by atoms with Crippen LogP contribution in [0.2, 0.25) is 0 Å². The molecule has 165 valence electrons. The maximum absolute atomic E-state index is 4.93. The molecule has 0 N–H and O–H groups in total. The zero-order chi connectivity index (χ0) is 23.6. The number of hydrogen-bond acceptors (Lipinski definition) is 0. The van der Waals surface area contributed by atoms with Crippen LogP contribution in [0.3, 0.4) is 0 Å². The molecule has 4 heteroatoms. The quantitative estimate of drug-likeness (QED) is 0.158. The van der Waals surface area contributed by atoms with Crippen LogP contribution in [0.25, 0.3) is 21.5 Å². The molecule has 1 radical (unpaired) electrons. The van der Waals surface area contributed by atoms with Gasteiger partial charge in [-0.15, -0.1) is 39.7 Å². The molecule has 0 aliphatic carbocycles. The Kier molecular flexibility index (Phi) is 9.53. The molecule has 0 amide bonds. The summed E-state index contributed by atoms with van der Waals surface area (Å²) in [5, 5.41) is 9.74. The molecule has 0 spiro atoms. The van der Waals surface area contributed by atoms with Crippen LogP contribution in [0.15, 0.2) is 140 Å². The van der Waals surface area contributed by atoms with Crippen molar-refractivity contribution in [1.82, 2.24) is 0 Å². The van der Waals surface area contributed by atoms with E-state index >= 15 is 0 Å². The number of benzene rings is 4. The third kappa shape index (κ3) is 6.26. The number of fused-ring (bicyclic) bond motifs is 3. The molecule has 6 aromatic carbocycles. The van der Waals surface area contributed by atoms with Crippen LogP contribution >= 0.6 is 17.0 Å². The molecule has 0 heterocycles. The summed E-state index contributed by atoms with van der Waals surface area (Å²) in [6.45, 7) is 0. The van der Waals surface area contributed by atoms with Crippen molar-refractivity contribution < 1.29 is 20.8 Å². The minimum Gasteiger partial charge on any atom is -0.214 e. The largest absolute Gasteiger partial charge is 0.214 e.